The second kappa shape index (κ2) is 4.40. The lowest BCUT2D eigenvalue weighted by Crippen LogP contribution is -2.16. The highest BCUT2D eigenvalue weighted by Gasteiger charge is 2.27. The number of fused-ring (bicyclic) bond motifs is 1. The van der Waals surface area contributed by atoms with Crippen molar-refractivity contribution in [1.82, 2.24) is 0 Å². The third kappa shape index (κ3) is 2.13. The molecule has 0 bridgehead atoms. The fraction of sp³-hybridized carbons (Fsp3) is 0.571. The van der Waals surface area contributed by atoms with Crippen LogP contribution in [0.15, 0.2) is 18.2 Å². The SMILES string of the molecule is CCC(C)(C)C(Br)c1ccc2c(c1)CCO2. The van der Waals surface area contributed by atoms with E-state index in [1.807, 2.05) is 0 Å². The summed E-state index contributed by atoms with van der Waals surface area (Å²) >= 11 is 3.84. The molecule has 1 nitrogen and oxygen atoms in total. The predicted molar refractivity (Wildman–Crippen MR) is 71.4 cm³/mol. The molecule has 0 saturated heterocycles. The van der Waals surface area contributed by atoms with Crippen LogP contribution in [-0.2, 0) is 6.42 Å². The molecule has 0 saturated carbocycles. The van der Waals surface area contributed by atoms with Crippen LogP contribution in [-0.4, -0.2) is 6.61 Å². The van der Waals surface area contributed by atoms with Gasteiger partial charge in [-0.1, -0.05) is 48.8 Å². The minimum Gasteiger partial charge on any atom is -0.493 e. The first-order chi connectivity index (χ1) is 7.54. The molecule has 1 atom stereocenters. The molecule has 0 fully saturated rings. The van der Waals surface area contributed by atoms with Crippen molar-refractivity contribution >= 4 is 15.9 Å². The van der Waals surface area contributed by atoms with Crippen LogP contribution in [0.4, 0.5) is 0 Å². The molecule has 0 amide bonds. The minimum atomic E-state index is 0.285. The van der Waals surface area contributed by atoms with E-state index in [0.717, 1.165) is 25.2 Å². The minimum absolute atomic E-state index is 0.285. The first kappa shape index (κ1) is 12.0. The quantitative estimate of drug-likeness (QED) is 0.742. The second-order valence-corrected chi connectivity index (χ2v) is 6.09. The van der Waals surface area contributed by atoms with Crippen molar-refractivity contribution in [2.45, 2.75) is 38.4 Å². The van der Waals surface area contributed by atoms with Crippen LogP contribution in [0.2, 0.25) is 0 Å². The van der Waals surface area contributed by atoms with Gasteiger partial charge >= 0.3 is 0 Å². The summed E-state index contributed by atoms with van der Waals surface area (Å²) in [5.74, 6) is 1.07. The maximum absolute atomic E-state index is 5.53. The molecule has 0 N–H and O–H groups in total. The van der Waals surface area contributed by atoms with Crippen molar-refractivity contribution in [3.8, 4) is 5.75 Å². The standard InChI is InChI=1S/C14H19BrO/c1-4-14(2,3)13(15)11-5-6-12-10(9-11)7-8-16-12/h5-6,9,13H,4,7-8H2,1-3H3. The molecule has 1 aliphatic rings. The van der Waals surface area contributed by atoms with Crippen LogP contribution in [0.1, 0.15) is 43.1 Å². The second-order valence-electron chi connectivity index (χ2n) is 5.17. The Hall–Kier alpha value is -0.500. The number of benzene rings is 1. The average molecular weight is 283 g/mol. The Labute approximate surface area is 106 Å². The van der Waals surface area contributed by atoms with E-state index in [9.17, 15) is 0 Å². The van der Waals surface area contributed by atoms with Gasteiger partial charge in [-0.25, -0.2) is 0 Å². The summed E-state index contributed by atoms with van der Waals surface area (Å²) < 4.78 is 5.53. The maximum Gasteiger partial charge on any atom is 0.122 e. The molecule has 1 heterocycles. The van der Waals surface area contributed by atoms with Gasteiger partial charge in [-0.2, -0.15) is 0 Å². The molecule has 2 rings (SSSR count). The molecule has 2 heteroatoms. The Balaban J connectivity index is 2.28. The van der Waals surface area contributed by atoms with Gasteiger partial charge in [0.05, 0.1) is 6.61 Å². The normalized spacial score (nSPS) is 16.8. The molecule has 1 aromatic carbocycles. The lowest BCUT2D eigenvalue weighted by atomic mass is 9.83. The van der Waals surface area contributed by atoms with E-state index in [1.165, 1.54) is 11.1 Å². The van der Waals surface area contributed by atoms with Crippen molar-refractivity contribution in [3.63, 3.8) is 0 Å². The summed E-state index contributed by atoms with van der Waals surface area (Å²) in [5, 5.41) is 0. The van der Waals surface area contributed by atoms with Gasteiger partial charge in [-0.3, -0.25) is 0 Å². The third-order valence-electron chi connectivity index (χ3n) is 3.60. The van der Waals surface area contributed by atoms with Crippen LogP contribution in [0.3, 0.4) is 0 Å². The molecule has 1 aliphatic heterocycles. The third-order valence-corrected chi connectivity index (χ3v) is 5.37. The lowest BCUT2D eigenvalue weighted by molar-refractivity contribution is 0.345. The smallest absolute Gasteiger partial charge is 0.122 e. The molecule has 0 spiro atoms. The molecule has 0 aliphatic carbocycles. The van der Waals surface area contributed by atoms with E-state index in [0.29, 0.717) is 4.83 Å². The first-order valence-corrected chi connectivity index (χ1v) is 6.86. The number of hydrogen-bond acceptors (Lipinski definition) is 1. The highest BCUT2D eigenvalue weighted by Crippen LogP contribution is 2.44. The van der Waals surface area contributed by atoms with Crippen molar-refractivity contribution in [3.05, 3.63) is 29.3 Å². The van der Waals surface area contributed by atoms with Crippen LogP contribution in [0.25, 0.3) is 0 Å². The van der Waals surface area contributed by atoms with E-state index < -0.39 is 0 Å². The summed E-state index contributed by atoms with van der Waals surface area (Å²) in [6.45, 7) is 7.68. The molecule has 88 valence electrons. The fourth-order valence-corrected chi connectivity index (χ4v) is 2.60. The fourth-order valence-electron chi connectivity index (χ4n) is 1.99. The number of alkyl halides is 1. The van der Waals surface area contributed by atoms with Gasteiger partial charge in [-0.05, 0) is 29.0 Å². The monoisotopic (exact) mass is 282 g/mol. The van der Waals surface area contributed by atoms with Gasteiger partial charge in [0.2, 0.25) is 0 Å². The number of hydrogen-bond donors (Lipinski definition) is 0. The highest BCUT2D eigenvalue weighted by molar-refractivity contribution is 9.09. The van der Waals surface area contributed by atoms with Gasteiger partial charge < -0.3 is 4.74 Å². The zero-order chi connectivity index (χ0) is 11.8. The van der Waals surface area contributed by atoms with E-state index >= 15 is 0 Å². The lowest BCUT2D eigenvalue weighted by Gasteiger charge is -2.29. The maximum atomic E-state index is 5.53. The van der Waals surface area contributed by atoms with Gasteiger partial charge in [0.15, 0.2) is 0 Å². The largest absolute Gasteiger partial charge is 0.493 e. The van der Waals surface area contributed by atoms with E-state index in [1.54, 1.807) is 0 Å². The molecular formula is C14H19BrO. The summed E-state index contributed by atoms with van der Waals surface area (Å²) in [6, 6.07) is 6.58. The van der Waals surface area contributed by atoms with Crippen LogP contribution >= 0.6 is 15.9 Å². The Morgan fingerprint density at radius 2 is 2.19 bits per heavy atom. The zero-order valence-corrected chi connectivity index (χ0v) is 11.8. The highest BCUT2D eigenvalue weighted by atomic mass is 79.9. The number of halogens is 1. The summed E-state index contributed by atoms with van der Waals surface area (Å²) in [5.41, 5.74) is 3.01. The molecule has 0 aromatic heterocycles. The summed E-state index contributed by atoms with van der Waals surface area (Å²) in [6.07, 6.45) is 2.21. The first-order valence-electron chi connectivity index (χ1n) is 5.94. The number of ether oxygens (including phenoxy) is 1. The predicted octanol–water partition coefficient (Wildman–Crippen LogP) is 4.49. The molecule has 0 radical (unpaired) electrons. The molecule has 1 unspecified atom stereocenters. The van der Waals surface area contributed by atoms with Crippen molar-refractivity contribution in [2.24, 2.45) is 5.41 Å². The topological polar surface area (TPSA) is 9.23 Å². The van der Waals surface area contributed by atoms with Gasteiger partial charge in [0, 0.05) is 11.2 Å². The Morgan fingerprint density at radius 3 is 2.88 bits per heavy atom. The Kier molecular flexibility index (Phi) is 3.29. The van der Waals surface area contributed by atoms with E-state index in [-0.39, 0.29) is 5.41 Å². The molecule has 1 aromatic rings. The van der Waals surface area contributed by atoms with E-state index in [4.69, 9.17) is 4.74 Å². The van der Waals surface area contributed by atoms with Crippen molar-refractivity contribution < 1.29 is 4.74 Å². The Morgan fingerprint density at radius 1 is 1.44 bits per heavy atom. The van der Waals surface area contributed by atoms with E-state index in [2.05, 4.69) is 54.9 Å². The van der Waals surface area contributed by atoms with Gasteiger partial charge in [0.25, 0.3) is 0 Å². The molecular weight excluding hydrogens is 264 g/mol. The summed E-state index contributed by atoms with van der Waals surface area (Å²) in [7, 11) is 0. The van der Waals surface area contributed by atoms with Gasteiger partial charge in [-0.15, -0.1) is 0 Å². The Bertz CT molecular complexity index is 384. The van der Waals surface area contributed by atoms with Crippen LogP contribution in [0, 0.1) is 5.41 Å². The summed E-state index contributed by atoms with van der Waals surface area (Å²) in [4.78, 5) is 0.413. The number of rotatable bonds is 3. The zero-order valence-electron chi connectivity index (χ0n) is 10.2. The van der Waals surface area contributed by atoms with Crippen molar-refractivity contribution in [2.75, 3.05) is 6.61 Å². The molecule has 16 heavy (non-hydrogen) atoms. The van der Waals surface area contributed by atoms with Crippen LogP contribution < -0.4 is 4.74 Å². The average Bonchev–Trinajstić information content (AvgIpc) is 2.74. The van der Waals surface area contributed by atoms with Crippen LogP contribution in [0.5, 0.6) is 5.75 Å². The van der Waals surface area contributed by atoms with Gasteiger partial charge in [0.1, 0.15) is 5.75 Å². The van der Waals surface area contributed by atoms with Crippen molar-refractivity contribution in [1.29, 1.82) is 0 Å².